The predicted molar refractivity (Wildman–Crippen MR) is 71.9 cm³/mol. The third-order valence-electron chi connectivity index (χ3n) is 3.60. The van der Waals surface area contributed by atoms with Crippen molar-refractivity contribution in [3.63, 3.8) is 0 Å². The molecule has 1 unspecified atom stereocenters. The van der Waals surface area contributed by atoms with Crippen LogP contribution in [0.25, 0.3) is 0 Å². The zero-order valence-electron chi connectivity index (χ0n) is 11.8. The maximum absolute atomic E-state index is 11.8. The largest absolute Gasteiger partial charge is 0.354 e. The maximum atomic E-state index is 11.8. The average molecular weight is 240 g/mol. The SMILES string of the molecule is CCCC1(CNC(C)C(=O)NCC(C)C)CC1. The van der Waals surface area contributed by atoms with Gasteiger partial charge in [0.2, 0.25) is 5.91 Å². The summed E-state index contributed by atoms with van der Waals surface area (Å²) in [6.45, 7) is 10.2. The lowest BCUT2D eigenvalue weighted by Crippen LogP contribution is -2.45. The van der Waals surface area contributed by atoms with Crippen LogP contribution in [0.4, 0.5) is 0 Å². The van der Waals surface area contributed by atoms with Crippen LogP contribution < -0.4 is 10.6 Å². The van der Waals surface area contributed by atoms with E-state index in [4.69, 9.17) is 0 Å². The monoisotopic (exact) mass is 240 g/mol. The van der Waals surface area contributed by atoms with Crippen LogP contribution in [-0.2, 0) is 4.79 Å². The second-order valence-corrected chi connectivity index (χ2v) is 5.99. The molecule has 1 amide bonds. The number of hydrogen-bond donors (Lipinski definition) is 2. The van der Waals surface area contributed by atoms with Gasteiger partial charge in [-0.25, -0.2) is 0 Å². The van der Waals surface area contributed by atoms with E-state index < -0.39 is 0 Å². The molecular weight excluding hydrogens is 212 g/mol. The fourth-order valence-electron chi connectivity index (χ4n) is 2.14. The predicted octanol–water partition coefficient (Wildman–Crippen LogP) is 2.32. The Labute approximate surface area is 106 Å². The number of nitrogens with one attached hydrogen (secondary N) is 2. The second-order valence-electron chi connectivity index (χ2n) is 5.99. The van der Waals surface area contributed by atoms with Crippen molar-refractivity contribution in [1.29, 1.82) is 0 Å². The van der Waals surface area contributed by atoms with Gasteiger partial charge in [0.15, 0.2) is 0 Å². The summed E-state index contributed by atoms with van der Waals surface area (Å²) in [6.07, 6.45) is 5.19. The summed E-state index contributed by atoms with van der Waals surface area (Å²) in [4.78, 5) is 11.8. The van der Waals surface area contributed by atoms with Crippen LogP contribution in [0.15, 0.2) is 0 Å². The van der Waals surface area contributed by atoms with Gasteiger partial charge < -0.3 is 10.6 Å². The number of rotatable bonds is 8. The summed E-state index contributed by atoms with van der Waals surface area (Å²) in [5.74, 6) is 0.645. The quantitative estimate of drug-likeness (QED) is 0.683. The summed E-state index contributed by atoms with van der Waals surface area (Å²) < 4.78 is 0. The first kappa shape index (κ1) is 14.5. The molecule has 1 fully saturated rings. The third-order valence-corrected chi connectivity index (χ3v) is 3.60. The minimum atomic E-state index is -0.0666. The summed E-state index contributed by atoms with van der Waals surface area (Å²) >= 11 is 0. The van der Waals surface area contributed by atoms with Gasteiger partial charge in [-0.05, 0) is 37.5 Å². The van der Waals surface area contributed by atoms with E-state index in [1.165, 1.54) is 25.7 Å². The molecule has 100 valence electrons. The molecule has 0 aromatic heterocycles. The fourth-order valence-corrected chi connectivity index (χ4v) is 2.14. The Hall–Kier alpha value is -0.570. The van der Waals surface area contributed by atoms with Crippen molar-refractivity contribution < 1.29 is 4.79 Å². The Balaban J connectivity index is 2.20. The molecule has 0 aromatic carbocycles. The Morgan fingerprint density at radius 3 is 2.41 bits per heavy atom. The zero-order valence-corrected chi connectivity index (χ0v) is 11.8. The van der Waals surface area contributed by atoms with Gasteiger partial charge in [-0.15, -0.1) is 0 Å². The highest BCUT2D eigenvalue weighted by atomic mass is 16.2. The molecule has 0 radical (unpaired) electrons. The van der Waals surface area contributed by atoms with Gasteiger partial charge in [0.1, 0.15) is 0 Å². The molecule has 3 heteroatoms. The summed E-state index contributed by atoms with van der Waals surface area (Å²) in [7, 11) is 0. The Morgan fingerprint density at radius 1 is 1.29 bits per heavy atom. The van der Waals surface area contributed by atoms with E-state index in [1.807, 2.05) is 6.92 Å². The van der Waals surface area contributed by atoms with Crippen LogP contribution in [0.3, 0.4) is 0 Å². The first-order valence-corrected chi connectivity index (χ1v) is 7.00. The molecule has 3 nitrogen and oxygen atoms in total. The molecule has 0 bridgehead atoms. The topological polar surface area (TPSA) is 41.1 Å². The average Bonchev–Trinajstić information content (AvgIpc) is 3.03. The van der Waals surface area contributed by atoms with Crippen molar-refractivity contribution in [2.24, 2.45) is 11.3 Å². The molecule has 1 aliphatic carbocycles. The van der Waals surface area contributed by atoms with E-state index in [-0.39, 0.29) is 11.9 Å². The molecule has 0 heterocycles. The molecule has 0 spiro atoms. The Bertz CT molecular complexity index is 247. The van der Waals surface area contributed by atoms with Crippen LogP contribution >= 0.6 is 0 Å². The lowest BCUT2D eigenvalue weighted by atomic mass is 10.0. The molecule has 1 atom stereocenters. The van der Waals surface area contributed by atoms with Gasteiger partial charge in [0.05, 0.1) is 6.04 Å². The Kier molecular flexibility index (Phi) is 5.44. The van der Waals surface area contributed by atoms with Crippen molar-refractivity contribution in [2.75, 3.05) is 13.1 Å². The van der Waals surface area contributed by atoms with E-state index in [9.17, 15) is 4.79 Å². The fraction of sp³-hybridized carbons (Fsp3) is 0.929. The van der Waals surface area contributed by atoms with E-state index in [0.717, 1.165) is 13.1 Å². The summed E-state index contributed by atoms with van der Waals surface area (Å²) in [5.41, 5.74) is 0.515. The van der Waals surface area contributed by atoms with Gasteiger partial charge in [-0.1, -0.05) is 27.2 Å². The smallest absolute Gasteiger partial charge is 0.236 e. The maximum Gasteiger partial charge on any atom is 0.236 e. The minimum absolute atomic E-state index is 0.0666. The highest BCUT2D eigenvalue weighted by molar-refractivity contribution is 5.81. The van der Waals surface area contributed by atoms with E-state index >= 15 is 0 Å². The summed E-state index contributed by atoms with van der Waals surface area (Å²) in [5, 5.41) is 6.35. The van der Waals surface area contributed by atoms with Crippen LogP contribution in [0.1, 0.15) is 53.4 Å². The number of amides is 1. The molecule has 1 rings (SSSR count). The highest BCUT2D eigenvalue weighted by Crippen LogP contribution is 2.48. The van der Waals surface area contributed by atoms with Crippen LogP contribution in [0, 0.1) is 11.3 Å². The molecule has 1 aliphatic rings. The zero-order chi connectivity index (χ0) is 12.9. The molecule has 1 saturated carbocycles. The molecule has 0 saturated heterocycles. The first-order chi connectivity index (χ1) is 7.99. The molecule has 0 aliphatic heterocycles. The molecule has 2 N–H and O–H groups in total. The van der Waals surface area contributed by atoms with Crippen molar-refractivity contribution in [1.82, 2.24) is 10.6 Å². The molecule has 0 aromatic rings. The van der Waals surface area contributed by atoms with Crippen molar-refractivity contribution in [3.05, 3.63) is 0 Å². The van der Waals surface area contributed by atoms with Crippen LogP contribution in [0.5, 0.6) is 0 Å². The van der Waals surface area contributed by atoms with Gasteiger partial charge in [-0.3, -0.25) is 4.79 Å². The second kappa shape index (κ2) is 6.39. The lowest BCUT2D eigenvalue weighted by molar-refractivity contribution is -0.122. The molecule has 17 heavy (non-hydrogen) atoms. The Morgan fingerprint density at radius 2 is 1.94 bits per heavy atom. The van der Waals surface area contributed by atoms with Crippen molar-refractivity contribution >= 4 is 5.91 Å². The summed E-state index contributed by atoms with van der Waals surface area (Å²) in [6, 6.07) is -0.0666. The normalized spacial score (nSPS) is 19.1. The number of carbonyl (C=O) groups excluding carboxylic acids is 1. The van der Waals surface area contributed by atoms with Gasteiger partial charge >= 0.3 is 0 Å². The standard InChI is InChI=1S/C14H28N2O/c1-5-6-14(7-8-14)10-16-12(4)13(17)15-9-11(2)3/h11-12,16H,5-10H2,1-4H3,(H,15,17). The van der Waals surface area contributed by atoms with E-state index in [1.54, 1.807) is 0 Å². The van der Waals surface area contributed by atoms with Gasteiger partial charge in [-0.2, -0.15) is 0 Å². The van der Waals surface area contributed by atoms with Crippen molar-refractivity contribution in [3.8, 4) is 0 Å². The van der Waals surface area contributed by atoms with Gasteiger partial charge in [0, 0.05) is 13.1 Å². The lowest BCUT2D eigenvalue weighted by Gasteiger charge is -2.19. The molecular formula is C14H28N2O. The minimum Gasteiger partial charge on any atom is -0.354 e. The van der Waals surface area contributed by atoms with Crippen LogP contribution in [-0.4, -0.2) is 25.0 Å². The highest BCUT2D eigenvalue weighted by Gasteiger charge is 2.41. The van der Waals surface area contributed by atoms with Gasteiger partial charge in [0.25, 0.3) is 0 Å². The number of carbonyl (C=O) groups is 1. The third kappa shape index (κ3) is 5.07. The number of hydrogen-bond acceptors (Lipinski definition) is 2. The van der Waals surface area contributed by atoms with E-state index in [0.29, 0.717) is 11.3 Å². The first-order valence-electron chi connectivity index (χ1n) is 7.00. The van der Waals surface area contributed by atoms with E-state index in [2.05, 4.69) is 31.4 Å². The van der Waals surface area contributed by atoms with Crippen LogP contribution in [0.2, 0.25) is 0 Å². The van der Waals surface area contributed by atoms with Crippen molar-refractivity contribution in [2.45, 2.75) is 59.4 Å².